The molecule has 0 saturated carbocycles. The van der Waals surface area contributed by atoms with Crippen molar-refractivity contribution in [3.63, 3.8) is 0 Å². The summed E-state index contributed by atoms with van der Waals surface area (Å²) >= 11 is 0. The fourth-order valence-electron chi connectivity index (χ4n) is 4.48. The summed E-state index contributed by atoms with van der Waals surface area (Å²) in [7, 11) is -2.14. The molecule has 0 bridgehead atoms. The molecule has 1 aliphatic heterocycles. The average Bonchev–Trinajstić information content (AvgIpc) is 2.80. The van der Waals surface area contributed by atoms with Gasteiger partial charge in [0.05, 0.1) is 5.71 Å². The Morgan fingerprint density at radius 1 is 1.18 bits per heavy atom. The second-order valence-corrected chi connectivity index (χ2v) is 13.1. The number of fused-ring (bicyclic) bond motifs is 2. The van der Waals surface area contributed by atoms with Crippen LogP contribution in [0.3, 0.4) is 0 Å². The van der Waals surface area contributed by atoms with E-state index >= 15 is 0 Å². The van der Waals surface area contributed by atoms with E-state index in [2.05, 4.69) is 53.5 Å². The van der Waals surface area contributed by atoms with Gasteiger partial charge in [0, 0.05) is 18.5 Å². The zero-order valence-electron chi connectivity index (χ0n) is 18.7. The molecule has 0 radical (unpaired) electrons. The van der Waals surface area contributed by atoms with Crippen LogP contribution in [0.15, 0.2) is 77.5 Å². The van der Waals surface area contributed by atoms with Gasteiger partial charge in [0.2, 0.25) is 5.91 Å². The van der Waals surface area contributed by atoms with Gasteiger partial charge in [-0.15, -0.1) is 0 Å². The molecular formula is C26H27N3O3Si. The summed E-state index contributed by atoms with van der Waals surface area (Å²) in [4.78, 5) is 22.8. The highest BCUT2D eigenvalue weighted by atomic mass is 28.3. The van der Waals surface area contributed by atoms with Crippen LogP contribution in [0.4, 0.5) is 5.69 Å². The molecule has 1 amide bonds. The number of allylic oxidation sites excluding steroid dienone is 5. The van der Waals surface area contributed by atoms with Gasteiger partial charge in [-0.2, -0.15) is 0 Å². The predicted octanol–water partition coefficient (Wildman–Crippen LogP) is 3.65. The van der Waals surface area contributed by atoms with Crippen molar-refractivity contribution >= 4 is 42.6 Å². The van der Waals surface area contributed by atoms with Crippen LogP contribution in [-0.2, 0) is 14.3 Å². The quantitative estimate of drug-likeness (QED) is 0.335. The Morgan fingerprint density at radius 3 is 2.67 bits per heavy atom. The first-order valence-electron chi connectivity index (χ1n) is 10.9. The van der Waals surface area contributed by atoms with E-state index in [-0.39, 0.29) is 18.7 Å². The van der Waals surface area contributed by atoms with Gasteiger partial charge < -0.3 is 15.5 Å². The molecule has 1 heterocycles. The lowest BCUT2D eigenvalue weighted by molar-refractivity contribution is -0.134. The maximum absolute atomic E-state index is 12.5. The number of anilines is 1. The van der Waals surface area contributed by atoms with Gasteiger partial charge in [0.25, 0.3) is 6.47 Å². The standard InChI is InChI=1S/C26H27N3O3Si/c1-33(2)22-14-18(27)8-10-20(22)26(17-6-4-3-5-7-17)21-11-9-19(15-23(21)33)29-25(31)13-12-24(28)32-16-30/h3-11,14-16,24,27H,12-13,28H2,1-2H3,(H,29,31)/t24-/m1/s1. The first-order chi connectivity index (χ1) is 15.8. The lowest BCUT2D eigenvalue weighted by atomic mass is 9.90. The zero-order valence-corrected chi connectivity index (χ0v) is 19.7. The van der Waals surface area contributed by atoms with Crippen LogP contribution >= 0.6 is 0 Å². The van der Waals surface area contributed by atoms with E-state index in [9.17, 15) is 9.59 Å². The first kappa shape index (κ1) is 22.6. The summed E-state index contributed by atoms with van der Waals surface area (Å²) in [6.07, 6.45) is 5.53. The van der Waals surface area contributed by atoms with Gasteiger partial charge in [0.15, 0.2) is 6.23 Å². The topological polar surface area (TPSA) is 105 Å². The van der Waals surface area contributed by atoms with Crippen molar-refractivity contribution < 1.29 is 14.3 Å². The maximum atomic E-state index is 12.5. The molecule has 0 fully saturated rings. The Hall–Kier alpha value is -3.55. The molecule has 168 valence electrons. The molecule has 4 rings (SSSR count). The molecular weight excluding hydrogens is 430 g/mol. The predicted molar refractivity (Wildman–Crippen MR) is 134 cm³/mol. The van der Waals surface area contributed by atoms with Gasteiger partial charge in [0.1, 0.15) is 8.07 Å². The summed E-state index contributed by atoms with van der Waals surface area (Å²) in [5, 5.41) is 13.6. The molecule has 7 heteroatoms. The number of ether oxygens (including phenoxy) is 1. The zero-order chi connectivity index (χ0) is 23.6. The summed E-state index contributed by atoms with van der Waals surface area (Å²) in [5.41, 5.74) is 11.5. The van der Waals surface area contributed by atoms with Gasteiger partial charge in [-0.3, -0.25) is 15.3 Å². The largest absolute Gasteiger partial charge is 0.449 e. The number of benzene rings is 2. The van der Waals surface area contributed by atoms with Crippen molar-refractivity contribution in [1.82, 2.24) is 0 Å². The van der Waals surface area contributed by atoms with Crippen molar-refractivity contribution in [2.75, 3.05) is 5.32 Å². The van der Waals surface area contributed by atoms with Crippen molar-refractivity contribution in [3.05, 3.63) is 88.7 Å². The van der Waals surface area contributed by atoms with E-state index in [1.807, 2.05) is 36.4 Å². The molecule has 2 aromatic rings. The summed E-state index contributed by atoms with van der Waals surface area (Å²) < 4.78 is 4.65. The van der Waals surface area contributed by atoms with Crippen LogP contribution in [-0.4, -0.2) is 32.4 Å². The van der Waals surface area contributed by atoms with Gasteiger partial charge in [-0.1, -0.05) is 55.6 Å². The fourth-order valence-corrected chi connectivity index (χ4v) is 7.56. The Bertz CT molecular complexity index is 1210. The summed E-state index contributed by atoms with van der Waals surface area (Å²) in [6, 6.07) is 16.4. The minimum Gasteiger partial charge on any atom is -0.449 e. The second kappa shape index (κ2) is 9.13. The molecule has 2 aromatic carbocycles. The molecule has 33 heavy (non-hydrogen) atoms. The fraction of sp³-hybridized carbons (Fsp3) is 0.192. The van der Waals surface area contributed by atoms with Crippen LogP contribution in [0.1, 0.15) is 24.0 Å². The van der Waals surface area contributed by atoms with Crippen LogP contribution in [0.2, 0.25) is 13.1 Å². The molecule has 0 unspecified atom stereocenters. The van der Waals surface area contributed by atoms with Crippen LogP contribution in [0.5, 0.6) is 0 Å². The van der Waals surface area contributed by atoms with E-state index in [0.717, 1.165) is 16.8 Å². The first-order valence-corrected chi connectivity index (χ1v) is 13.9. The smallest absolute Gasteiger partial charge is 0.294 e. The van der Waals surface area contributed by atoms with E-state index < -0.39 is 14.3 Å². The SMILES string of the molecule is C[Si]1(C)C2=CC(=N)C=CC2=C(c2ccccc2)c2ccc(NC(=O)CC[C@H](N)OC=O)cc21. The van der Waals surface area contributed by atoms with Crippen LogP contribution < -0.4 is 16.2 Å². The molecule has 0 aromatic heterocycles. The van der Waals surface area contributed by atoms with Crippen LogP contribution in [0, 0.1) is 5.41 Å². The van der Waals surface area contributed by atoms with E-state index in [0.29, 0.717) is 12.2 Å². The lowest BCUT2D eigenvalue weighted by Crippen LogP contribution is -2.49. The van der Waals surface area contributed by atoms with E-state index in [4.69, 9.17) is 11.1 Å². The third-order valence-electron chi connectivity index (χ3n) is 6.16. The molecule has 4 N–H and O–H groups in total. The summed E-state index contributed by atoms with van der Waals surface area (Å²) in [6.45, 7) is 4.86. The molecule has 1 atom stereocenters. The molecule has 0 spiro atoms. The number of hydrogen-bond acceptors (Lipinski definition) is 5. The van der Waals surface area contributed by atoms with Gasteiger partial charge >= 0.3 is 0 Å². The molecule has 6 nitrogen and oxygen atoms in total. The third-order valence-corrected chi connectivity index (χ3v) is 9.68. The number of nitrogens with one attached hydrogen (secondary N) is 2. The van der Waals surface area contributed by atoms with Crippen molar-refractivity contribution in [2.45, 2.75) is 32.2 Å². The monoisotopic (exact) mass is 457 g/mol. The minimum atomic E-state index is -2.14. The Labute approximate surface area is 194 Å². The number of carbonyl (C=O) groups excluding carboxylic acids is 2. The van der Waals surface area contributed by atoms with E-state index in [1.54, 1.807) is 0 Å². The van der Waals surface area contributed by atoms with Crippen molar-refractivity contribution in [3.8, 4) is 0 Å². The Morgan fingerprint density at radius 2 is 1.94 bits per heavy atom. The number of rotatable bonds is 7. The highest BCUT2D eigenvalue weighted by Gasteiger charge is 2.39. The average molecular weight is 458 g/mol. The molecule has 2 aliphatic rings. The Kier molecular flexibility index (Phi) is 6.26. The third kappa shape index (κ3) is 4.51. The van der Waals surface area contributed by atoms with Crippen molar-refractivity contribution in [1.29, 1.82) is 5.41 Å². The van der Waals surface area contributed by atoms with Crippen molar-refractivity contribution in [2.24, 2.45) is 5.73 Å². The molecule has 0 saturated heterocycles. The lowest BCUT2D eigenvalue weighted by Gasteiger charge is -2.38. The number of nitrogens with two attached hydrogens (primary N) is 1. The minimum absolute atomic E-state index is 0.152. The van der Waals surface area contributed by atoms with Crippen LogP contribution in [0.25, 0.3) is 5.57 Å². The highest BCUT2D eigenvalue weighted by molar-refractivity contribution is 6.98. The highest BCUT2D eigenvalue weighted by Crippen LogP contribution is 2.41. The number of amides is 1. The van der Waals surface area contributed by atoms with Gasteiger partial charge in [-0.25, -0.2) is 0 Å². The summed E-state index contributed by atoms with van der Waals surface area (Å²) in [5.74, 6) is -0.184. The molecule has 1 aliphatic carbocycles. The van der Waals surface area contributed by atoms with E-state index in [1.165, 1.54) is 21.5 Å². The Balaban J connectivity index is 1.73. The van der Waals surface area contributed by atoms with Gasteiger partial charge in [-0.05, 0) is 56.9 Å². The maximum Gasteiger partial charge on any atom is 0.294 e. The second-order valence-electron chi connectivity index (χ2n) is 8.74. The number of carbonyl (C=O) groups is 2. The number of hydrogen-bond donors (Lipinski definition) is 3. The normalized spacial score (nSPS) is 16.9.